The van der Waals surface area contributed by atoms with Crippen molar-refractivity contribution in [2.75, 3.05) is 26.2 Å². The summed E-state index contributed by atoms with van der Waals surface area (Å²) in [4.78, 5) is 29.1. The molecule has 1 fully saturated rings. The molecule has 2 aromatic rings. The first kappa shape index (κ1) is 21.0. The van der Waals surface area contributed by atoms with E-state index in [1.54, 1.807) is 29.3 Å². The number of amides is 2. The second-order valence-corrected chi connectivity index (χ2v) is 7.45. The van der Waals surface area contributed by atoms with E-state index in [1.165, 1.54) is 6.07 Å². The van der Waals surface area contributed by atoms with E-state index in [2.05, 4.69) is 10.2 Å². The highest BCUT2D eigenvalue weighted by Crippen LogP contribution is 2.29. The largest absolute Gasteiger partial charge is 0.342 e. The van der Waals surface area contributed by atoms with Crippen LogP contribution in [0.3, 0.4) is 0 Å². The van der Waals surface area contributed by atoms with Gasteiger partial charge in [-0.3, -0.25) is 14.7 Å². The zero-order chi connectivity index (χ0) is 20.8. The van der Waals surface area contributed by atoms with Crippen LogP contribution in [0.15, 0.2) is 30.5 Å². The van der Waals surface area contributed by atoms with Gasteiger partial charge in [0.05, 0.1) is 17.5 Å². The lowest BCUT2D eigenvalue weighted by atomic mass is 9.92. The van der Waals surface area contributed by atoms with Crippen LogP contribution >= 0.6 is 0 Å². The minimum absolute atomic E-state index is 0.0223. The Kier molecular flexibility index (Phi) is 7.01. The number of H-pyrrole nitrogens is 1. The Morgan fingerprint density at radius 2 is 2.03 bits per heavy atom. The van der Waals surface area contributed by atoms with Crippen molar-refractivity contribution >= 4 is 11.8 Å². The van der Waals surface area contributed by atoms with E-state index < -0.39 is 0 Å². The number of nitrogens with one attached hydrogen (secondary N) is 1. The van der Waals surface area contributed by atoms with Crippen molar-refractivity contribution in [3.05, 3.63) is 53.1 Å². The minimum atomic E-state index is -0.270. The Bertz CT molecular complexity index is 847. The van der Waals surface area contributed by atoms with Crippen LogP contribution in [0.25, 0.3) is 0 Å². The summed E-state index contributed by atoms with van der Waals surface area (Å²) < 4.78 is 13.8. The van der Waals surface area contributed by atoms with Crippen LogP contribution in [0.2, 0.25) is 0 Å². The zero-order valence-electron chi connectivity index (χ0n) is 17.2. The number of hydrogen-bond acceptors (Lipinski definition) is 3. The number of rotatable bonds is 7. The molecule has 1 aliphatic rings. The molecule has 156 valence electrons. The van der Waals surface area contributed by atoms with Gasteiger partial charge in [0.1, 0.15) is 5.82 Å². The molecule has 3 rings (SSSR count). The average Bonchev–Trinajstić information content (AvgIpc) is 3.24. The lowest BCUT2D eigenvalue weighted by Gasteiger charge is -2.33. The summed E-state index contributed by atoms with van der Waals surface area (Å²) in [6.45, 7) is 6.45. The molecule has 2 amide bonds. The highest BCUT2D eigenvalue weighted by atomic mass is 19.1. The normalized spacial score (nSPS) is 16.7. The molecular formula is C22H29FN4O2. The van der Waals surface area contributed by atoms with E-state index >= 15 is 0 Å². The predicted octanol–water partition coefficient (Wildman–Crippen LogP) is 3.37. The molecule has 2 heterocycles. The van der Waals surface area contributed by atoms with Crippen LogP contribution in [0, 0.1) is 5.82 Å². The van der Waals surface area contributed by atoms with Crippen LogP contribution in [0.4, 0.5) is 4.39 Å². The predicted molar refractivity (Wildman–Crippen MR) is 109 cm³/mol. The van der Waals surface area contributed by atoms with Gasteiger partial charge in [0.2, 0.25) is 5.91 Å². The molecule has 0 saturated carbocycles. The number of benzene rings is 1. The standard InChI is InChI=1S/C22H29FN4O2/c1-3-26(4-2)22(29)18-14-24-25-21(18)17-9-7-13-27(15-17)20(28)12-11-16-8-5-6-10-19(16)23/h5-6,8,10,14,17H,3-4,7,9,11-13,15H2,1-2H3,(H,24,25)/t17-/m1/s1. The van der Waals surface area contributed by atoms with Gasteiger partial charge >= 0.3 is 0 Å². The first-order valence-corrected chi connectivity index (χ1v) is 10.4. The Labute approximate surface area is 171 Å². The van der Waals surface area contributed by atoms with Crippen molar-refractivity contribution in [3.63, 3.8) is 0 Å². The summed E-state index contributed by atoms with van der Waals surface area (Å²) in [6.07, 6.45) is 4.03. The van der Waals surface area contributed by atoms with Gasteiger partial charge in [-0.2, -0.15) is 5.10 Å². The van der Waals surface area contributed by atoms with Gasteiger partial charge in [0.25, 0.3) is 5.91 Å². The number of likely N-dealkylation sites (tertiary alicyclic amines) is 1. The van der Waals surface area contributed by atoms with Crippen molar-refractivity contribution in [2.24, 2.45) is 0 Å². The van der Waals surface area contributed by atoms with Gasteiger partial charge in [-0.1, -0.05) is 18.2 Å². The molecule has 6 nitrogen and oxygen atoms in total. The molecule has 0 unspecified atom stereocenters. The quantitative estimate of drug-likeness (QED) is 0.775. The Balaban J connectivity index is 1.65. The molecule has 0 bridgehead atoms. The van der Waals surface area contributed by atoms with Gasteiger partial charge in [-0.25, -0.2) is 4.39 Å². The SMILES string of the molecule is CCN(CC)C(=O)c1cn[nH]c1[C@@H]1CCCN(C(=O)CCc2ccccc2F)C1. The summed E-state index contributed by atoms with van der Waals surface area (Å²) in [5.41, 5.74) is 1.97. The minimum Gasteiger partial charge on any atom is -0.342 e. The average molecular weight is 400 g/mol. The van der Waals surface area contributed by atoms with E-state index in [9.17, 15) is 14.0 Å². The fourth-order valence-electron chi connectivity index (χ4n) is 4.00. The number of piperidine rings is 1. The molecule has 1 aromatic carbocycles. The number of carbonyl (C=O) groups is 2. The zero-order valence-corrected chi connectivity index (χ0v) is 17.2. The van der Waals surface area contributed by atoms with Crippen LogP contribution in [0.1, 0.15) is 60.6 Å². The number of carbonyl (C=O) groups excluding carboxylic acids is 2. The van der Waals surface area contributed by atoms with E-state index in [4.69, 9.17) is 0 Å². The third-order valence-electron chi connectivity index (χ3n) is 5.70. The van der Waals surface area contributed by atoms with Gasteiger partial charge in [0.15, 0.2) is 0 Å². The molecule has 0 radical (unpaired) electrons. The number of aromatic amines is 1. The summed E-state index contributed by atoms with van der Waals surface area (Å²) >= 11 is 0. The van der Waals surface area contributed by atoms with Crippen molar-refractivity contribution < 1.29 is 14.0 Å². The molecule has 1 atom stereocenters. The fraction of sp³-hybridized carbons (Fsp3) is 0.500. The molecule has 1 aliphatic heterocycles. The first-order valence-electron chi connectivity index (χ1n) is 10.4. The summed E-state index contributed by atoms with van der Waals surface area (Å²) in [5.74, 6) is -0.220. The van der Waals surface area contributed by atoms with Crippen molar-refractivity contribution in [1.82, 2.24) is 20.0 Å². The maximum atomic E-state index is 13.8. The van der Waals surface area contributed by atoms with Gasteiger partial charge in [-0.15, -0.1) is 0 Å². The maximum Gasteiger partial charge on any atom is 0.257 e. The molecule has 1 aromatic heterocycles. The number of aromatic nitrogens is 2. The molecular weight excluding hydrogens is 371 g/mol. The lowest BCUT2D eigenvalue weighted by Crippen LogP contribution is -2.40. The van der Waals surface area contributed by atoms with E-state index in [0.717, 1.165) is 18.5 Å². The smallest absolute Gasteiger partial charge is 0.257 e. The number of halogens is 1. The van der Waals surface area contributed by atoms with Crippen molar-refractivity contribution in [1.29, 1.82) is 0 Å². The molecule has 0 spiro atoms. The topological polar surface area (TPSA) is 69.3 Å². The summed E-state index contributed by atoms with van der Waals surface area (Å²) in [6, 6.07) is 6.57. The Morgan fingerprint density at radius 3 is 2.76 bits per heavy atom. The number of nitrogens with zero attached hydrogens (tertiary/aromatic N) is 3. The highest BCUT2D eigenvalue weighted by molar-refractivity contribution is 5.95. The van der Waals surface area contributed by atoms with Crippen molar-refractivity contribution in [3.8, 4) is 0 Å². The van der Waals surface area contributed by atoms with Crippen molar-refractivity contribution in [2.45, 2.75) is 45.4 Å². The second kappa shape index (κ2) is 9.67. The molecule has 29 heavy (non-hydrogen) atoms. The van der Waals surface area contributed by atoms with E-state index in [0.29, 0.717) is 43.7 Å². The van der Waals surface area contributed by atoms with Crippen LogP contribution in [-0.4, -0.2) is 58.0 Å². The third kappa shape index (κ3) is 4.83. The van der Waals surface area contributed by atoms with E-state index in [-0.39, 0.29) is 30.0 Å². The van der Waals surface area contributed by atoms with Crippen LogP contribution < -0.4 is 0 Å². The first-order chi connectivity index (χ1) is 14.0. The highest BCUT2D eigenvalue weighted by Gasteiger charge is 2.29. The van der Waals surface area contributed by atoms with Crippen LogP contribution in [-0.2, 0) is 11.2 Å². The number of aryl methyl sites for hydroxylation is 1. The van der Waals surface area contributed by atoms with Gasteiger partial charge < -0.3 is 9.80 Å². The van der Waals surface area contributed by atoms with Crippen LogP contribution in [0.5, 0.6) is 0 Å². The monoisotopic (exact) mass is 400 g/mol. The second-order valence-electron chi connectivity index (χ2n) is 7.45. The molecule has 1 saturated heterocycles. The molecule has 0 aliphatic carbocycles. The Morgan fingerprint density at radius 1 is 1.28 bits per heavy atom. The maximum absolute atomic E-state index is 13.8. The lowest BCUT2D eigenvalue weighted by molar-refractivity contribution is -0.132. The molecule has 7 heteroatoms. The molecule has 1 N–H and O–H groups in total. The number of hydrogen-bond donors (Lipinski definition) is 1. The fourth-order valence-corrected chi connectivity index (χ4v) is 4.00. The summed E-state index contributed by atoms with van der Waals surface area (Å²) in [7, 11) is 0. The van der Waals surface area contributed by atoms with Gasteiger partial charge in [0, 0.05) is 38.5 Å². The third-order valence-corrected chi connectivity index (χ3v) is 5.70. The summed E-state index contributed by atoms with van der Waals surface area (Å²) in [5, 5.41) is 7.11. The van der Waals surface area contributed by atoms with Gasteiger partial charge in [-0.05, 0) is 44.7 Å². The van der Waals surface area contributed by atoms with E-state index in [1.807, 2.05) is 18.7 Å². The Hall–Kier alpha value is -2.70.